The molecule has 0 radical (unpaired) electrons. The van der Waals surface area contributed by atoms with Crippen LogP contribution in [0, 0.1) is 24.0 Å². The van der Waals surface area contributed by atoms with E-state index in [1.54, 1.807) is 12.3 Å². The third kappa shape index (κ3) is 4.97. The van der Waals surface area contributed by atoms with Gasteiger partial charge < -0.3 is 10.1 Å². The molecule has 0 aliphatic heterocycles. The lowest BCUT2D eigenvalue weighted by Gasteiger charge is -2.10. The summed E-state index contributed by atoms with van der Waals surface area (Å²) in [5.74, 6) is -1.06. The van der Waals surface area contributed by atoms with E-state index in [0.29, 0.717) is 22.5 Å². The van der Waals surface area contributed by atoms with Crippen LogP contribution >= 0.6 is 11.3 Å². The van der Waals surface area contributed by atoms with Crippen molar-refractivity contribution < 1.29 is 19.2 Å². The lowest BCUT2D eigenvalue weighted by Crippen LogP contribution is -2.15. The monoisotopic (exact) mass is 438 g/mol. The van der Waals surface area contributed by atoms with E-state index in [4.69, 9.17) is 4.74 Å². The van der Waals surface area contributed by atoms with Gasteiger partial charge in [-0.1, -0.05) is 42.8 Å². The van der Waals surface area contributed by atoms with Crippen molar-refractivity contribution in [3.63, 3.8) is 0 Å². The molecule has 8 heteroatoms. The fourth-order valence-electron chi connectivity index (χ4n) is 2.99. The third-order valence-electron chi connectivity index (χ3n) is 4.69. The van der Waals surface area contributed by atoms with E-state index in [2.05, 4.69) is 5.32 Å². The number of carbonyl (C=O) groups excluding carboxylic acids is 2. The number of nitro groups is 1. The minimum atomic E-state index is -0.537. The van der Waals surface area contributed by atoms with Gasteiger partial charge in [-0.05, 0) is 31.9 Å². The molecule has 2 aromatic carbocycles. The van der Waals surface area contributed by atoms with Crippen LogP contribution in [0.2, 0.25) is 0 Å². The van der Waals surface area contributed by atoms with E-state index in [0.717, 1.165) is 11.1 Å². The second-order valence-corrected chi connectivity index (χ2v) is 7.95. The van der Waals surface area contributed by atoms with E-state index in [9.17, 15) is 19.7 Å². The maximum atomic E-state index is 12.8. The summed E-state index contributed by atoms with van der Waals surface area (Å²) in [6, 6.07) is 12.0. The van der Waals surface area contributed by atoms with Crippen molar-refractivity contribution in [1.82, 2.24) is 0 Å². The number of thiophene rings is 1. The van der Waals surface area contributed by atoms with Crippen LogP contribution < -0.4 is 5.32 Å². The van der Waals surface area contributed by atoms with Crippen molar-refractivity contribution in [2.24, 2.45) is 0 Å². The number of amides is 1. The number of esters is 1. The fraction of sp³-hybridized carbons (Fsp3) is 0.217. The molecule has 160 valence electrons. The highest BCUT2D eigenvalue weighted by Crippen LogP contribution is 2.36. The van der Waals surface area contributed by atoms with Gasteiger partial charge >= 0.3 is 5.97 Å². The van der Waals surface area contributed by atoms with Gasteiger partial charge in [-0.2, -0.15) is 0 Å². The zero-order valence-electron chi connectivity index (χ0n) is 17.4. The molecule has 0 aliphatic carbocycles. The highest BCUT2D eigenvalue weighted by Gasteiger charge is 2.24. The zero-order chi connectivity index (χ0) is 22.5. The smallest absolute Gasteiger partial charge is 0.341 e. The minimum Gasteiger partial charge on any atom is -0.462 e. The van der Waals surface area contributed by atoms with Gasteiger partial charge in [0.05, 0.1) is 11.5 Å². The van der Waals surface area contributed by atoms with E-state index < -0.39 is 16.8 Å². The molecule has 1 amide bonds. The average molecular weight is 439 g/mol. The van der Waals surface area contributed by atoms with Gasteiger partial charge in [0.1, 0.15) is 10.6 Å². The fourth-order valence-corrected chi connectivity index (χ4v) is 3.94. The van der Waals surface area contributed by atoms with Gasteiger partial charge in [-0.15, -0.1) is 11.3 Å². The van der Waals surface area contributed by atoms with Crippen LogP contribution in [0.3, 0.4) is 0 Å². The maximum absolute atomic E-state index is 12.8. The Labute approximate surface area is 183 Å². The molecule has 0 spiro atoms. The predicted octanol–water partition coefficient (Wildman–Crippen LogP) is 5.76. The Morgan fingerprint density at radius 2 is 1.84 bits per heavy atom. The van der Waals surface area contributed by atoms with Crippen molar-refractivity contribution in [1.29, 1.82) is 0 Å². The SMILES string of the molecule is CCCOC(=O)c1c(-c2ccc(C)cc2)csc1NC(=O)c1ccc(C)c([N+](=O)[O-])c1. The molecule has 1 aromatic heterocycles. The number of anilines is 1. The Balaban J connectivity index is 1.98. The number of nitro benzene ring substituents is 1. The molecular weight excluding hydrogens is 416 g/mol. The number of nitrogens with zero attached hydrogens (tertiary/aromatic N) is 1. The van der Waals surface area contributed by atoms with Crippen molar-refractivity contribution in [3.8, 4) is 11.1 Å². The molecular formula is C23H22N2O5S. The molecule has 3 rings (SSSR count). The van der Waals surface area contributed by atoms with E-state index in [1.807, 2.05) is 38.1 Å². The predicted molar refractivity (Wildman–Crippen MR) is 121 cm³/mol. The summed E-state index contributed by atoms with van der Waals surface area (Å²) in [7, 11) is 0. The molecule has 0 saturated heterocycles. The summed E-state index contributed by atoms with van der Waals surface area (Å²) in [5, 5.41) is 16.1. The van der Waals surface area contributed by atoms with Gasteiger partial charge in [0, 0.05) is 28.1 Å². The van der Waals surface area contributed by atoms with Crippen LogP contribution in [0.4, 0.5) is 10.7 Å². The van der Waals surface area contributed by atoms with Gasteiger partial charge in [0.25, 0.3) is 11.6 Å². The number of rotatable bonds is 7. The highest BCUT2D eigenvalue weighted by molar-refractivity contribution is 7.15. The van der Waals surface area contributed by atoms with Gasteiger partial charge in [-0.3, -0.25) is 14.9 Å². The van der Waals surface area contributed by atoms with E-state index in [1.165, 1.54) is 29.5 Å². The molecule has 7 nitrogen and oxygen atoms in total. The summed E-state index contributed by atoms with van der Waals surface area (Å²) in [6.45, 7) is 5.74. The second kappa shape index (κ2) is 9.53. The van der Waals surface area contributed by atoms with Crippen molar-refractivity contribution >= 4 is 33.9 Å². The minimum absolute atomic E-state index is 0.135. The molecule has 1 N–H and O–H groups in total. The van der Waals surface area contributed by atoms with Gasteiger partial charge in [0.15, 0.2) is 0 Å². The summed E-state index contributed by atoms with van der Waals surface area (Å²) < 4.78 is 5.34. The quantitative estimate of drug-likeness (QED) is 0.287. The van der Waals surface area contributed by atoms with Crippen LogP contribution in [-0.2, 0) is 4.74 Å². The molecule has 0 unspecified atom stereocenters. The Morgan fingerprint density at radius 3 is 2.48 bits per heavy atom. The molecule has 3 aromatic rings. The number of hydrogen-bond donors (Lipinski definition) is 1. The lowest BCUT2D eigenvalue weighted by molar-refractivity contribution is -0.385. The molecule has 0 atom stereocenters. The van der Waals surface area contributed by atoms with Gasteiger partial charge in [-0.25, -0.2) is 4.79 Å². The first-order valence-electron chi connectivity index (χ1n) is 9.73. The third-order valence-corrected chi connectivity index (χ3v) is 5.59. The Hall–Kier alpha value is -3.52. The average Bonchev–Trinajstić information content (AvgIpc) is 3.16. The Kier molecular flexibility index (Phi) is 6.81. The number of ether oxygens (including phenoxy) is 1. The summed E-state index contributed by atoms with van der Waals surface area (Å²) >= 11 is 1.21. The van der Waals surface area contributed by atoms with Crippen molar-refractivity contribution in [3.05, 3.63) is 80.2 Å². The van der Waals surface area contributed by atoms with Crippen LogP contribution in [0.15, 0.2) is 47.8 Å². The first-order chi connectivity index (χ1) is 14.8. The molecule has 0 aliphatic rings. The van der Waals surface area contributed by atoms with Gasteiger partial charge in [0.2, 0.25) is 0 Å². The topological polar surface area (TPSA) is 98.5 Å². The van der Waals surface area contributed by atoms with Crippen molar-refractivity contribution in [2.75, 3.05) is 11.9 Å². The molecule has 0 saturated carbocycles. The molecule has 1 heterocycles. The lowest BCUT2D eigenvalue weighted by atomic mass is 10.0. The Bertz CT molecular complexity index is 1140. The zero-order valence-corrected chi connectivity index (χ0v) is 18.2. The van der Waals surface area contributed by atoms with Crippen LogP contribution in [-0.4, -0.2) is 23.4 Å². The Morgan fingerprint density at radius 1 is 1.13 bits per heavy atom. The number of hydrogen-bond acceptors (Lipinski definition) is 6. The normalized spacial score (nSPS) is 10.5. The number of aryl methyl sites for hydroxylation is 2. The van der Waals surface area contributed by atoms with E-state index >= 15 is 0 Å². The number of carbonyl (C=O) groups is 2. The van der Waals surface area contributed by atoms with Crippen LogP contribution in [0.5, 0.6) is 0 Å². The first kappa shape index (κ1) is 22.2. The maximum Gasteiger partial charge on any atom is 0.341 e. The molecule has 31 heavy (non-hydrogen) atoms. The first-order valence-corrected chi connectivity index (χ1v) is 10.6. The molecule has 0 bridgehead atoms. The van der Waals surface area contributed by atoms with Crippen LogP contribution in [0.25, 0.3) is 11.1 Å². The van der Waals surface area contributed by atoms with Crippen LogP contribution in [0.1, 0.15) is 45.2 Å². The summed E-state index contributed by atoms with van der Waals surface area (Å²) in [4.78, 5) is 36.3. The highest BCUT2D eigenvalue weighted by atomic mass is 32.1. The number of nitrogens with one attached hydrogen (secondary N) is 1. The second-order valence-electron chi connectivity index (χ2n) is 7.07. The molecule has 0 fully saturated rings. The summed E-state index contributed by atoms with van der Waals surface area (Å²) in [6.07, 6.45) is 0.671. The standard InChI is InChI=1S/C23H22N2O5S/c1-4-11-30-23(27)20-18(16-8-5-14(2)6-9-16)13-31-22(20)24-21(26)17-10-7-15(3)19(12-17)25(28)29/h5-10,12-13H,4,11H2,1-3H3,(H,24,26). The number of benzene rings is 2. The summed E-state index contributed by atoms with van der Waals surface area (Å²) in [5.41, 5.74) is 3.31. The van der Waals surface area contributed by atoms with E-state index in [-0.39, 0.29) is 23.4 Å². The van der Waals surface area contributed by atoms with Crippen molar-refractivity contribution in [2.45, 2.75) is 27.2 Å². The largest absolute Gasteiger partial charge is 0.462 e.